The molecular formula is C22H20N2O5S. The number of carbonyl (C=O) groups is 2. The van der Waals surface area contributed by atoms with Gasteiger partial charge in [0.15, 0.2) is 21.9 Å². The molecule has 8 heteroatoms. The number of furan rings is 1. The number of esters is 1. The number of fused-ring (bicyclic) bond motifs is 2. The van der Waals surface area contributed by atoms with Gasteiger partial charge in [0.2, 0.25) is 0 Å². The Morgan fingerprint density at radius 3 is 2.73 bits per heavy atom. The van der Waals surface area contributed by atoms with E-state index in [0.29, 0.717) is 34.8 Å². The summed E-state index contributed by atoms with van der Waals surface area (Å²) in [6.45, 7) is 4.98. The number of carbonyl (C=O) groups excluding carboxylic acids is 2. The van der Waals surface area contributed by atoms with Crippen LogP contribution in [0.15, 0.2) is 51.9 Å². The van der Waals surface area contributed by atoms with Gasteiger partial charge in [-0.2, -0.15) is 4.99 Å². The SMILES string of the molecule is CCOc1cccc2cc(C(=O)N=c3sc4cc(C(=O)OC)ccc4n3CC)oc12. The number of thiazole rings is 1. The molecule has 0 atom stereocenters. The van der Waals surface area contributed by atoms with E-state index in [2.05, 4.69) is 4.99 Å². The molecule has 0 saturated heterocycles. The summed E-state index contributed by atoms with van der Waals surface area (Å²) in [7, 11) is 1.34. The van der Waals surface area contributed by atoms with Crippen molar-refractivity contribution < 1.29 is 23.5 Å². The lowest BCUT2D eigenvalue weighted by atomic mass is 10.2. The Balaban J connectivity index is 1.78. The van der Waals surface area contributed by atoms with Crippen molar-refractivity contribution >= 4 is 44.4 Å². The molecule has 0 unspecified atom stereocenters. The molecule has 0 aliphatic heterocycles. The van der Waals surface area contributed by atoms with Crippen molar-refractivity contribution in [3.8, 4) is 5.75 Å². The lowest BCUT2D eigenvalue weighted by Crippen LogP contribution is -2.15. The van der Waals surface area contributed by atoms with Crippen LogP contribution in [0.2, 0.25) is 0 Å². The summed E-state index contributed by atoms with van der Waals surface area (Å²) in [5.41, 5.74) is 1.87. The van der Waals surface area contributed by atoms with Crippen LogP contribution in [0.25, 0.3) is 21.2 Å². The molecule has 0 fully saturated rings. The van der Waals surface area contributed by atoms with E-state index < -0.39 is 11.9 Å². The zero-order valence-corrected chi connectivity index (χ0v) is 17.6. The lowest BCUT2D eigenvalue weighted by molar-refractivity contribution is 0.0601. The van der Waals surface area contributed by atoms with Gasteiger partial charge in [-0.3, -0.25) is 4.79 Å². The molecule has 7 nitrogen and oxygen atoms in total. The predicted molar refractivity (Wildman–Crippen MR) is 114 cm³/mol. The first-order valence-electron chi connectivity index (χ1n) is 9.51. The number of hydrogen-bond acceptors (Lipinski definition) is 6. The highest BCUT2D eigenvalue weighted by molar-refractivity contribution is 7.16. The van der Waals surface area contributed by atoms with E-state index in [0.717, 1.165) is 15.6 Å². The van der Waals surface area contributed by atoms with Gasteiger partial charge >= 0.3 is 11.9 Å². The fraction of sp³-hybridized carbons (Fsp3) is 0.227. The van der Waals surface area contributed by atoms with Gasteiger partial charge in [0.25, 0.3) is 0 Å². The minimum absolute atomic E-state index is 0.146. The molecule has 0 saturated carbocycles. The quantitative estimate of drug-likeness (QED) is 0.444. The van der Waals surface area contributed by atoms with Gasteiger partial charge in [-0.1, -0.05) is 23.5 Å². The monoisotopic (exact) mass is 424 g/mol. The van der Waals surface area contributed by atoms with Crippen LogP contribution in [0, 0.1) is 0 Å². The Kier molecular flexibility index (Phi) is 5.41. The zero-order chi connectivity index (χ0) is 21.3. The molecule has 0 aliphatic rings. The number of aromatic nitrogens is 1. The minimum Gasteiger partial charge on any atom is -0.490 e. The van der Waals surface area contributed by atoms with E-state index in [-0.39, 0.29) is 5.76 Å². The fourth-order valence-corrected chi connectivity index (χ4v) is 4.39. The zero-order valence-electron chi connectivity index (χ0n) is 16.8. The Labute approximate surface area is 176 Å². The molecule has 4 aromatic rings. The van der Waals surface area contributed by atoms with Crippen molar-refractivity contribution in [3.05, 3.63) is 58.6 Å². The number of para-hydroxylation sites is 1. The highest BCUT2D eigenvalue weighted by Gasteiger charge is 2.16. The smallest absolute Gasteiger partial charge is 0.337 e. The van der Waals surface area contributed by atoms with E-state index in [1.165, 1.54) is 18.4 Å². The first-order chi connectivity index (χ1) is 14.5. The summed E-state index contributed by atoms with van der Waals surface area (Å²) in [6, 6.07) is 12.5. The first-order valence-corrected chi connectivity index (χ1v) is 10.3. The average molecular weight is 424 g/mol. The lowest BCUT2D eigenvalue weighted by Gasteiger charge is -2.02. The topological polar surface area (TPSA) is 83.0 Å². The van der Waals surface area contributed by atoms with Gasteiger partial charge in [-0.05, 0) is 44.2 Å². The maximum Gasteiger partial charge on any atom is 0.337 e. The summed E-state index contributed by atoms with van der Waals surface area (Å²) in [4.78, 5) is 29.5. The summed E-state index contributed by atoms with van der Waals surface area (Å²) in [5.74, 6) is -0.145. The van der Waals surface area contributed by atoms with Crippen LogP contribution in [-0.4, -0.2) is 30.2 Å². The molecule has 0 bridgehead atoms. The maximum absolute atomic E-state index is 12.8. The number of amides is 1. The Hall–Kier alpha value is -3.39. The maximum atomic E-state index is 12.8. The van der Waals surface area contributed by atoms with Crippen molar-refractivity contribution in [2.45, 2.75) is 20.4 Å². The van der Waals surface area contributed by atoms with Crippen LogP contribution in [0.1, 0.15) is 34.8 Å². The number of benzene rings is 2. The standard InChI is InChI=1S/C22H20N2O5S/c1-4-24-15-10-9-14(21(26)27-3)12-18(15)30-22(24)23-20(25)17-11-13-7-6-8-16(28-5-2)19(13)29-17/h6-12H,4-5H2,1-3H3. The molecule has 154 valence electrons. The molecule has 0 aliphatic carbocycles. The normalized spacial score (nSPS) is 11.9. The van der Waals surface area contributed by atoms with Gasteiger partial charge in [0.05, 0.1) is 29.5 Å². The Morgan fingerprint density at radius 2 is 2.00 bits per heavy atom. The van der Waals surface area contributed by atoms with Crippen LogP contribution in [-0.2, 0) is 11.3 Å². The van der Waals surface area contributed by atoms with E-state index in [1.54, 1.807) is 24.3 Å². The minimum atomic E-state index is -0.476. The van der Waals surface area contributed by atoms with E-state index >= 15 is 0 Å². The molecule has 0 N–H and O–H groups in total. The van der Waals surface area contributed by atoms with Crippen molar-refractivity contribution in [2.24, 2.45) is 4.99 Å². The molecule has 2 aromatic heterocycles. The second-order valence-corrected chi connectivity index (χ2v) is 7.45. The fourth-order valence-electron chi connectivity index (χ4n) is 3.26. The number of aryl methyl sites for hydroxylation is 1. The van der Waals surface area contributed by atoms with Crippen molar-refractivity contribution in [1.29, 1.82) is 0 Å². The molecule has 0 radical (unpaired) electrons. The van der Waals surface area contributed by atoms with E-state index in [4.69, 9.17) is 13.9 Å². The van der Waals surface area contributed by atoms with Gasteiger partial charge in [-0.15, -0.1) is 0 Å². The highest BCUT2D eigenvalue weighted by Crippen LogP contribution is 2.29. The number of methoxy groups -OCH3 is 1. The van der Waals surface area contributed by atoms with E-state index in [1.807, 2.05) is 36.6 Å². The third-order valence-electron chi connectivity index (χ3n) is 4.64. The second kappa shape index (κ2) is 8.16. The second-order valence-electron chi connectivity index (χ2n) is 6.44. The third-order valence-corrected chi connectivity index (χ3v) is 5.68. The third kappa shape index (κ3) is 3.50. The molecule has 30 heavy (non-hydrogen) atoms. The van der Waals surface area contributed by atoms with Gasteiger partial charge in [0.1, 0.15) is 0 Å². The van der Waals surface area contributed by atoms with Gasteiger partial charge in [0, 0.05) is 11.9 Å². The van der Waals surface area contributed by atoms with Crippen LogP contribution in [0.5, 0.6) is 5.75 Å². The highest BCUT2D eigenvalue weighted by atomic mass is 32.1. The largest absolute Gasteiger partial charge is 0.490 e. The van der Waals surface area contributed by atoms with Crippen molar-refractivity contribution in [1.82, 2.24) is 4.57 Å². The summed E-state index contributed by atoms with van der Waals surface area (Å²) in [6.07, 6.45) is 0. The van der Waals surface area contributed by atoms with Crippen LogP contribution in [0.4, 0.5) is 0 Å². The van der Waals surface area contributed by atoms with Crippen LogP contribution < -0.4 is 9.54 Å². The Morgan fingerprint density at radius 1 is 1.17 bits per heavy atom. The number of rotatable bonds is 5. The molecule has 2 aromatic carbocycles. The van der Waals surface area contributed by atoms with Gasteiger partial charge < -0.3 is 18.5 Å². The molecule has 1 amide bonds. The Bertz CT molecular complexity index is 1330. The number of hydrogen-bond donors (Lipinski definition) is 0. The van der Waals surface area contributed by atoms with E-state index in [9.17, 15) is 9.59 Å². The number of ether oxygens (including phenoxy) is 2. The van der Waals surface area contributed by atoms with Crippen molar-refractivity contribution in [3.63, 3.8) is 0 Å². The summed E-state index contributed by atoms with van der Waals surface area (Å²) < 4.78 is 18.9. The average Bonchev–Trinajstić information content (AvgIpc) is 3.34. The van der Waals surface area contributed by atoms with Crippen LogP contribution in [0.3, 0.4) is 0 Å². The predicted octanol–water partition coefficient (Wildman–Crippen LogP) is 4.40. The van der Waals surface area contributed by atoms with Crippen LogP contribution >= 0.6 is 11.3 Å². The number of nitrogens with zero attached hydrogens (tertiary/aromatic N) is 2. The summed E-state index contributed by atoms with van der Waals surface area (Å²) >= 11 is 1.33. The molecule has 4 rings (SSSR count). The molecular weight excluding hydrogens is 404 g/mol. The first kappa shape index (κ1) is 19.9. The van der Waals surface area contributed by atoms with Gasteiger partial charge in [-0.25, -0.2) is 4.79 Å². The molecule has 0 spiro atoms. The van der Waals surface area contributed by atoms with Crippen molar-refractivity contribution in [2.75, 3.05) is 13.7 Å². The molecule has 2 heterocycles. The summed E-state index contributed by atoms with van der Waals surface area (Å²) in [5, 5.41) is 0.780.